The Morgan fingerprint density at radius 3 is 2.69 bits per heavy atom. The minimum absolute atomic E-state index is 0.189. The first-order valence-corrected chi connectivity index (χ1v) is 7.35. The predicted octanol–water partition coefficient (Wildman–Crippen LogP) is 2.48. The molecule has 94 valence electrons. The molecule has 1 rings (SSSR count). The molecule has 1 aliphatic carbocycles. The van der Waals surface area contributed by atoms with Crippen molar-refractivity contribution in [2.75, 3.05) is 25.1 Å². The minimum atomic E-state index is 0.189. The zero-order chi connectivity index (χ0) is 11.6. The minimum Gasteiger partial charge on any atom is -0.379 e. The summed E-state index contributed by atoms with van der Waals surface area (Å²) in [5.74, 6) is 0.812. The number of halogens is 1. The van der Waals surface area contributed by atoms with E-state index in [1.165, 1.54) is 32.1 Å². The molecular formula is C12H22BrNO2. The van der Waals surface area contributed by atoms with E-state index in [0.717, 1.165) is 5.33 Å². The van der Waals surface area contributed by atoms with Crippen LogP contribution in [0.4, 0.5) is 0 Å². The summed E-state index contributed by atoms with van der Waals surface area (Å²) in [6.45, 7) is 1.96. The van der Waals surface area contributed by atoms with Crippen LogP contribution in [0, 0.1) is 5.92 Å². The van der Waals surface area contributed by atoms with Gasteiger partial charge in [-0.05, 0) is 18.8 Å². The quantitative estimate of drug-likeness (QED) is 0.578. The molecule has 0 spiro atoms. The van der Waals surface area contributed by atoms with Crippen LogP contribution in [0.3, 0.4) is 0 Å². The lowest BCUT2D eigenvalue weighted by molar-refractivity contribution is -0.122. The number of carbonyl (C=O) groups excluding carboxylic acids is 1. The largest absolute Gasteiger partial charge is 0.379 e. The third-order valence-electron chi connectivity index (χ3n) is 2.99. The molecule has 0 atom stereocenters. The molecule has 3 nitrogen and oxygen atoms in total. The van der Waals surface area contributed by atoms with Gasteiger partial charge < -0.3 is 10.1 Å². The number of rotatable bonds is 7. The molecule has 0 radical (unpaired) electrons. The van der Waals surface area contributed by atoms with Gasteiger partial charge in [0.25, 0.3) is 0 Å². The van der Waals surface area contributed by atoms with E-state index < -0.39 is 0 Å². The van der Waals surface area contributed by atoms with E-state index in [0.29, 0.717) is 32.1 Å². The Kier molecular flexibility index (Phi) is 7.85. The van der Waals surface area contributed by atoms with Gasteiger partial charge in [0.1, 0.15) is 0 Å². The molecule has 0 unspecified atom stereocenters. The molecule has 0 aromatic heterocycles. The van der Waals surface area contributed by atoms with Crippen LogP contribution >= 0.6 is 15.9 Å². The summed E-state index contributed by atoms with van der Waals surface area (Å²) in [5.41, 5.74) is 0. The van der Waals surface area contributed by atoms with Crippen molar-refractivity contribution < 1.29 is 9.53 Å². The van der Waals surface area contributed by atoms with Gasteiger partial charge in [-0.3, -0.25) is 4.79 Å². The molecule has 0 saturated heterocycles. The average Bonchev–Trinajstić information content (AvgIpc) is 2.30. The third kappa shape index (κ3) is 6.48. The maximum atomic E-state index is 11.6. The Balaban J connectivity index is 1.97. The van der Waals surface area contributed by atoms with Crippen molar-refractivity contribution in [3.05, 3.63) is 0 Å². The summed E-state index contributed by atoms with van der Waals surface area (Å²) in [6.07, 6.45) is 7.11. The van der Waals surface area contributed by atoms with Gasteiger partial charge in [0, 0.05) is 18.3 Å². The molecule has 0 heterocycles. The fourth-order valence-electron chi connectivity index (χ4n) is 2.14. The second kappa shape index (κ2) is 8.99. The van der Waals surface area contributed by atoms with Gasteiger partial charge >= 0.3 is 0 Å². The number of carbonyl (C=O) groups is 1. The molecule has 4 heteroatoms. The molecular weight excluding hydrogens is 270 g/mol. The van der Waals surface area contributed by atoms with Crippen LogP contribution in [-0.2, 0) is 9.53 Å². The Labute approximate surface area is 106 Å². The second-order valence-electron chi connectivity index (χ2n) is 4.36. The molecule has 1 N–H and O–H groups in total. The summed E-state index contributed by atoms with van der Waals surface area (Å²) in [4.78, 5) is 11.6. The molecule has 0 aromatic rings. The van der Waals surface area contributed by atoms with Crippen molar-refractivity contribution in [2.45, 2.75) is 38.5 Å². The lowest BCUT2D eigenvalue weighted by atomic mass is 9.87. The Morgan fingerprint density at radius 2 is 2.00 bits per heavy atom. The van der Waals surface area contributed by atoms with Gasteiger partial charge in [0.2, 0.25) is 5.91 Å². The van der Waals surface area contributed by atoms with Gasteiger partial charge in [-0.25, -0.2) is 0 Å². The Bertz CT molecular complexity index is 193. The van der Waals surface area contributed by atoms with Crippen LogP contribution in [0.15, 0.2) is 0 Å². The van der Waals surface area contributed by atoms with Gasteiger partial charge in [0.05, 0.1) is 13.2 Å². The van der Waals surface area contributed by atoms with Crippen molar-refractivity contribution in [1.82, 2.24) is 5.32 Å². The lowest BCUT2D eigenvalue weighted by Gasteiger charge is -2.20. The molecule has 0 bridgehead atoms. The van der Waals surface area contributed by atoms with Crippen LogP contribution in [0.1, 0.15) is 38.5 Å². The number of alkyl halides is 1. The first kappa shape index (κ1) is 14.0. The van der Waals surface area contributed by atoms with E-state index in [1.54, 1.807) is 0 Å². The first-order valence-electron chi connectivity index (χ1n) is 6.23. The topological polar surface area (TPSA) is 38.3 Å². The summed E-state index contributed by atoms with van der Waals surface area (Å²) < 4.78 is 5.26. The molecule has 16 heavy (non-hydrogen) atoms. The number of hydrogen-bond acceptors (Lipinski definition) is 2. The zero-order valence-corrected chi connectivity index (χ0v) is 11.4. The highest BCUT2D eigenvalue weighted by Crippen LogP contribution is 2.25. The van der Waals surface area contributed by atoms with E-state index in [1.807, 2.05) is 0 Å². The molecule has 0 aromatic carbocycles. The molecule has 1 aliphatic rings. The highest BCUT2D eigenvalue weighted by Gasteiger charge is 2.16. The highest BCUT2D eigenvalue weighted by molar-refractivity contribution is 9.09. The van der Waals surface area contributed by atoms with Crippen molar-refractivity contribution in [1.29, 1.82) is 0 Å². The molecule has 1 fully saturated rings. The maximum absolute atomic E-state index is 11.6. The lowest BCUT2D eigenvalue weighted by Crippen LogP contribution is -2.29. The van der Waals surface area contributed by atoms with Gasteiger partial charge in [-0.1, -0.05) is 35.2 Å². The smallest absolute Gasteiger partial charge is 0.220 e. The predicted molar refractivity (Wildman–Crippen MR) is 68.8 cm³/mol. The van der Waals surface area contributed by atoms with E-state index in [-0.39, 0.29) is 5.91 Å². The highest BCUT2D eigenvalue weighted by atomic mass is 79.9. The third-order valence-corrected chi connectivity index (χ3v) is 3.31. The van der Waals surface area contributed by atoms with Gasteiger partial charge in [-0.2, -0.15) is 0 Å². The number of amides is 1. The Morgan fingerprint density at radius 1 is 1.25 bits per heavy atom. The van der Waals surface area contributed by atoms with Crippen LogP contribution in [0.25, 0.3) is 0 Å². The second-order valence-corrected chi connectivity index (χ2v) is 5.15. The van der Waals surface area contributed by atoms with E-state index in [4.69, 9.17) is 4.74 Å². The zero-order valence-electron chi connectivity index (χ0n) is 9.84. The summed E-state index contributed by atoms with van der Waals surface area (Å²) in [5, 5.41) is 3.76. The SMILES string of the molecule is O=C(CC1CCCCC1)NCCOCCBr. The molecule has 1 amide bonds. The fraction of sp³-hybridized carbons (Fsp3) is 0.917. The number of ether oxygens (including phenoxy) is 1. The molecule has 1 saturated carbocycles. The van der Waals surface area contributed by atoms with Crippen LogP contribution in [-0.4, -0.2) is 31.0 Å². The Hall–Kier alpha value is -0.0900. The maximum Gasteiger partial charge on any atom is 0.220 e. The van der Waals surface area contributed by atoms with Crippen LogP contribution < -0.4 is 5.32 Å². The van der Waals surface area contributed by atoms with E-state index in [2.05, 4.69) is 21.2 Å². The van der Waals surface area contributed by atoms with Gasteiger partial charge in [-0.15, -0.1) is 0 Å². The number of nitrogens with one attached hydrogen (secondary N) is 1. The number of hydrogen-bond donors (Lipinski definition) is 1. The van der Waals surface area contributed by atoms with Crippen molar-refractivity contribution in [3.8, 4) is 0 Å². The monoisotopic (exact) mass is 291 g/mol. The van der Waals surface area contributed by atoms with Crippen molar-refractivity contribution in [2.24, 2.45) is 5.92 Å². The van der Waals surface area contributed by atoms with E-state index >= 15 is 0 Å². The van der Waals surface area contributed by atoms with Crippen molar-refractivity contribution in [3.63, 3.8) is 0 Å². The normalized spacial score (nSPS) is 17.3. The summed E-state index contributed by atoms with van der Waals surface area (Å²) in [6, 6.07) is 0. The average molecular weight is 292 g/mol. The van der Waals surface area contributed by atoms with Crippen LogP contribution in [0.2, 0.25) is 0 Å². The summed E-state index contributed by atoms with van der Waals surface area (Å²) >= 11 is 3.28. The molecule has 0 aliphatic heterocycles. The van der Waals surface area contributed by atoms with Crippen molar-refractivity contribution >= 4 is 21.8 Å². The summed E-state index contributed by atoms with van der Waals surface area (Å²) in [7, 11) is 0. The van der Waals surface area contributed by atoms with Gasteiger partial charge in [0.15, 0.2) is 0 Å². The standard InChI is InChI=1S/C12H22BrNO2/c13-6-8-16-9-7-14-12(15)10-11-4-2-1-3-5-11/h11H,1-10H2,(H,14,15). The fourth-order valence-corrected chi connectivity index (χ4v) is 2.37. The first-order chi connectivity index (χ1) is 7.83. The van der Waals surface area contributed by atoms with Crippen LogP contribution in [0.5, 0.6) is 0 Å². The van der Waals surface area contributed by atoms with E-state index in [9.17, 15) is 4.79 Å².